The SMILES string of the molecule is CCN(CC(=O)Nc1ccccc1C(F)(F)F)C(=O)CNCC1CC1.Cl. The first kappa shape index (κ1) is 22.2. The Hall–Kier alpha value is -1.80. The molecular weight excluding hydrogens is 371 g/mol. The second kappa shape index (κ2) is 9.78. The van der Waals surface area contributed by atoms with E-state index in [9.17, 15) is 22.8 Å². The highest BCUT2D eigenvalue weighted by Gasteiger charge is 2.33. The van der Waals surface area contributed by atoms with Crippen molar-refractivity contribution in [2.24, 2.45) is 5.92 Å². The molecule has 9 heteroatoms. The number of nitrogens with one attached hydrogen (secondary N) is 2. The van der Waals surface area contributed by atoms with Gasteiger partial charge >= 0.3 is 6.18 Å². The average molecular weight is 394 g/mol. The number of para-hydroxylation sites is 1. The van der Waals surface area contributed by atoms with Gasteiger partial charge in [0.25, 0.3) is 0 Å². The van der Waals surface area contributed by atoms with Crippen molar-refractivity contribution < 1.29 is 22.8 Å². The number of amides is 2. The molecule has 26 heavy (non-hydrogen) atoms. The van der Waals surface area contributed by atoms with Crippen LogP contribution in [0.3, 0.4) is 0 Å². The van der Waals surface area contributed by atoms with Crippen LogP contribution in [-0.4, -0.2) is 42.9 Å². The van der Waals surface area contributed by atoms with Gasteiger partial charge in [-0.1, -0.05) is 12.1 Å². The molecular formula is C17H23ClF3N3O2. The monoisotopic (exact) mass is 393 g/mol. The Bertz CT molecular complexity index is 622. The highest BCUT2D eigenvalue weighted by Crippen LogP contribution is 2.34. The van der Waals surface area contributed by atoms with Crippen LogP contribution < -0.4 is 10.6 Å². The maximum atomic E-state index is 12.9. The van der Waals surface area contributed by atoms with Crippen LogP contribution >= 0.6 is 12.4 Å². The molecule has 2 N–H and O–H groups in total. The molecule has 2 rings (SSSR count). The van der Waals surface area contributed by atoms with E-state index in [4.69, 9.17) is 0 Å². The van der Waals surface area contributed by atoms with Gasteiger partial charge in [0.05, 0.1) is 24.3 Å². The van der Waals surface area contributed by atoms with Crippen molar-refractivity contribution in [1.82, 2.24) is 10.2 Å². The third-order valence-electron chi connectivity index (χ3n) is 3.98. The maximum absolute atomic E-state index is 12.9. The second-order valence-electron chi connectivity index (χ2n) is 6.07. The van der Waals surface area contributed by atoms with Gasteiger partial charge in [0, 0.05) is 6.54 Å². The largest absolute Gasteiger partial charge is 0.418 e. The third-order valence-corrected chi connectivity index (χ3v) is 3.98. The number of likely N-dealkylation sites (N-methyl/N-ethyl adjacent to an activating group) is 1. The topological polar surface area (TPSA) is 61.4 Å². The summed E-state index contributed by atoms with van der Waals surface area (Å²) in [5.74, 6) is -0.276. The van der Waals surface area contributed by atoms with Crippen molar-refractivity contribution in [3.8, 4) is 0 Å². The smallest absolute Gasteiger partial charge is 0.333 e. The number of nitrogens with zero attached hydrogens (tertiary/aromatic N) is 1. The van der Waals surface area contributed by atoms with Crippen LogP contribution in [0, 0.1) is 5.92 Å². The molecule has 0 spiro atoms. The number of hydrogen-bond acceptors (Lipinski definition) is 3. The molecule has 0 saturated heterocycles. The summed E-state index contributed by atoms with van der Waals surface area (Å²) in [6, 6.07) is 4.76. The summed E-state index contributed by atoms with van der Waals surface area (Å²) >= 11 is 0. The minimum absolute atomic E-state index is 0. The van der Waals surface area contributed by atoms with E-state index in [-0.39, 0.29) is 37.1 Å². The minimum atomic E-state index is -4.56. The van der Waals surface area contributed by atoms with E-state index in [1.54, 1.807) is 6.92 Å². The van der Waals surface area contributed by atoms with Crippen LogP contribution in [0.25, 0.3) is 0 Å². The highest BCUT2D eigenvalue weighted by molar-refractivity contribution is 5.95. The van der Waals surface area contributed by atoms with Gasteiger partial charge in [-0.15, -0.1) is 12.4 Å². The van der Waals surface area contributed by atoms with E-state index < -0.39 is 17.6 Å². The lowest BCUT2D eigenvalue weighted by atomic mass is 10.1. The quantitative estimate of drug-likeness (QED) is 0.714. The molecule has 1 saturated carbocycles. The fourth-order valence-electron chi connectivity index (χ4n) is 2.40. The Morgan fingerprint density at radius 3 is 2.46 bits per heavy atom. The molecule has 0 aromatic heterocycles. The number of rotatable bonds is 8. The van der Waals surface area contributed by atoms with Gasteiger partial charge in [-0.2, -0.15) is 13.2 Å². The van der Waals surface area contributed by atoms with Gasteiger partial charge < -0.3 is 15.5 Å². The Morgan fingerprint density at radius 2 is 1.88 bits per heavy atom. The first-order valence-corrected chi connectivity index (χ1v) is 8.25. The molecule has 2 amide bonds. The normalized spacial score (nSPS) is 13.7. The summed E-state index contributed by atoms with van der Waals surface area (Å²) in [7, 11) is 0. The van der Waals surface area contributed by atoms with E-state index in [1.807, 2.05) is 0 Å². The zero-order chi connectivity index (χ0) is 18.4. The fourth-order valence-corrected chi connectivity index (χ4v) is 2.40. The number of hydrogen-bond donors (Lipinski definition) is 2. The predicted molar refractivity (Wildman–Crippen MR) is 95.2 cm³/mol. The molecule has 1 aliphatic rings. The first-order valence-electron chi connectivity index (χ1n) is 8.25. The van der Waals surface area contributed by atoms with Crippen molar-refractivity contribution in [3.05, 3.63) is 29.8 Å². The highest BCUT2D eigenvalue weighted by atomic mass is 35.5. The molecule has 146 valence electrons. The number of carbonyl (C=O) groups is 2. The molecule has 0 heterocycles. The van der Waals surface area contributed by atoms with Gasteiger partial charge in [-0.25, -0.2) is 0 Å². The van der Waals surface area contributed by atoms with Gasteiger partial charge in [0.1, 0.15) is 0 Å². The van der Waals surface area contributed by atoms with Crippen molar-refractivity contribution >= 4 is 29.9 Å². The summed E-state index contributed by atoms with van der Waals surface area (Å²) in [6.45, 7) is 2.63. The van der Waals surface area contributed by atoms with Crippen molar-refractivity contribution in [1.29, 1.82) is 0 Å². The van der Waals surface area contributed by atoms with E-state index in [2.05, 4.69) is 10.6 Å². The van der Waals surface area contributed by atoms with Crippen LogP contribution in [0.2, 0.25) is 0 Å². The Balaban J connectivity index is 0.00000338. The van der Waals surface area contributed by atoms with Gasteiger partial charge in [0.2, 0.25) is 11.8 Å². The van der Waals surface area contributed by atoms with Crippen LogP contribution in [0.5, 0.6) is 0 Å². The van der Waals surface area contributed by atoms with Gasteiger partial charge in [-0.05, 0) is 44.4 Å². The van der Waals surface area contributed by atoms with Crippen LogP contribution in [0.1, 0.15) is 25.3 Å². The molecule has 0 radical (unpaired) electrons. The number of anilines is 1. The fraction of sp³-hybridized carbons (Fsp3) is 0.529. The van der Waals surface area contributed by atoms with E-state index in [0.29, 0.717) is 12.5 Å². The lowest BCUT2D eigenvalue weighted by Gasteiger charge is -2.21. The lowest BCUT2D eigenvalue weighted by molar-refractivity contribution is -0.137. The number of halogens is 4. The molecule has 5 nitrogen and oxygen atoms in total. The first-order chi connectivity index (χ1) is 11.8. The zero-order valence-electron chi connectivity index (χ0n) is 14.4. The second-order valence-corrected chi connectivity index (χ2v) is 6.07. The lowest BCUT2D eigenvalue weighted by Crippen LogP contribution is -2.42. The zero-order valence-corrected chi connectivity index (χ0v) is 15.3. The Morgan fingerprint density at radius 1 is 1.23 bits per heavy atom. The summed E-state index contributed by atoms with van der Waals surface area (Å²) in [6.07, 6.45) is -2.23. The molecule has 1 aliphatic carbocycles. The van der Waals surface area contributed by atoms with Gasteiger partial charge in [0.15, 0.2) is 0 Å². The number of carbonyl (C=O) groups excluding carboxylic acids is 2. The molecule has 0 atom stereocenters. The molecule has 0 aliphatic heterocycles. The maximum Gasteiger partial charge on any atom is 0.418 e. The Labute approximate surface area is 156 Å². The van der Waals surface area contributed by atoms with Crippen LogP contribution in [-0.2, 0) is 15.8 Å². The standard InChI is InChI=1S/C17H22F3N3O2.ClH/c1-2-23(16(25)10-21-9-12-7-8-12)11-15(24)22-14-6-4-3-5-13(14)17(18,19)20;/h3-6,12,21H,2,7-11H2,1H3,(H,22,24);1H. The average Bonchev–Trinajstić information content (AvgIpc) is 3.36. The number of benzene rings is 1. The van der Waals surface area contributed by atoms with Crippen molar-refractivity contribution in [2.45, 2.75) is 25.9 Å². The summed E-state index contributed by atoms with van der Waals surface area (Å²) < 4.78 is 38.8. The number of alkyl halides is 3. The molecule has 0 unspecified atom stereocenters. The summed E-state index contributed by atoms with van der Waals surface area (Å²) in [4.78, 5) is 25.5. The molecule has 1 fully saturated rings. The minimum Gasteiger partial charge on any atom is -0.333 e. The third kappa shape index (κ3) is 6.84. The van der Waals surface area contributed by atoms with E-state index >= 15 is 0 Å². The van der Waals surface area contributed by atoms with E-state index in [1.165, 1.54) is 35.9 Å². The molecule has 1 aromatic carbocycles. The van der Waals surface area contributed by atoms with Crippen molar-refractivity contribution in [3.63, 3.8) is 0 Å². The predicted octanol–water partition coefficient (Wildman–Crippen LogP) is 2.91. The summed E-state index contributed by atoms with van der Waals surface area (Å²) in [5, 5.41) is 5.29. The Kier molecular flexibility index (Phi) is 8.36. The summed E-state index contributed by atoms with van der Waals surface area (Å²) in [5.41, 5.74) is -1.22. The van der Waals surface area contributed by atoms with E-state index in [0.717, 1.165) is 12.6 Å². The molecule has 1 aromatic rings. The van der Waals surface area contributed by atoms with Crippen LogP contribution in [0.15, 0.2) is 24.3 Å². The van der Waals surface area contributed by atoms with Gasteiger partial charge in [-0.3, -0.25) is 9.59 Å². The van der Waals surface area contributed by atoms with Crippen LogP contribution in [0.4, 0.5) is 18.9 Å². The molecule has 0 bridgehead atoms. The van der Waals surface area contributed by atoms with Crippen molar-refractivity contribution in [2.75, 3.05) is 31.5 Å².